The van der Waals surface area contributed by atoms with Gasteiger partial charge in [0.05, 0.1) is 10.2 Å². The molecule has 2 aromatic rings. The van der Waals surface area contributed by atoms with Crippen LogP contribution in [0, 0.1) is 6.92 Å². The molecule has 0 spiro atoms. The van der Waals surface area contributed by atoms with Crippen molar-refractivity contribution >= 4 is 15.9 Å². The Bertz CT molecular complexity index is 461. The van der Waals surface area contributed by atoms with Gasteiger partial charge in [0.25, 0.3) is 0 Å². The number of aryl methyl sites for hydroxylation is 1. The Hall–Kier alpha value is -1.07. The molecular weight excluding hydrogens is 258 g/mol. The number of aromatic amines is 1. The Morgan fingerprint density at radius 1 is 1.53 bits per heavy atom. The molecule has 5 heteroatoms. The van der Waals surface area contributed by atoms with Crippen LogP contribution < -0.4 is 5.32 Å². The molecule has 0 aromatic carbocycles. The van der Waals surface area contributed by atoms with Gasteiger partial charge in [-0.25, -0.2) is 0 Å². The van der Waals surface area contributed by atoms with Gasteiger partial charge in [-0.2, -0.15) is 5.10 Å². The summed E-state index contributed by atoms with van der Waals surface area (Å²) in [7, 11) is 1.89. The van der Waals surface area contributed by atoms with Crippen LogP contribution in [0.25, 0.3) is 11.5 Å². The zero-order chi connectivity index (χ0) is 10.8. The summed E-state index contributed by atoms with van der Waals surface area (Å²) in [5.74, 6) is 1.66. The lowest BCUT2D eigenvalue weighted by Crippen LogP contribution is -2.05. The van der Waals surface area contributed by atoms with Gasteiger partial charge in [-0.1, -0.05) is 0 Å². The molecule has 0 unspecified atom stereocenters. The number of hydrogen-bond acceptors (Lipinski definition) is 3. The van der Waals surface area contributed by atoms with Crippen molar-refractivity contribution in [1.82, 2.24) is 15.5 Å². The lowest BCUT2D eigenvalue weighted by atomic mass is 10.3. The maximum absolute atomic E-state index is 5.51. The molecule has 2 heterocycles. The first-order valence-electron chi connectivity index (χ1n) is 4.66. The fourth-order valence-corrected chi connectivity index (χ4v) is 1.90. The minimum atomic E-state index is 0.743. The van der Waals surface area contributed by atoms with Crippen molar-refractivity contribution in [3.8, 4) is 11.5 Å². The number of halogens is 1. The highest BCUT2D eigenvalue weighted by Gasteiger charge is 2.14. The average Bonchev–Trinajstić information content (AvgIpc) is 2.76. The molecule has 0 aliphatic heterocycles. The van der Waals surface area contributed by atoms with Gasteiger partial charge >= 0.3 is 0 Å². The summed E-state index contributed by atoms with van der Waals surface area (Å²) >= 11 is 3.50. The van der Waals surface area contributed by atoms with Crippen LogP contribution in [0.3, 0.4) is 0 Å². The smallest absolute Gasteiger partial charge is 0.155 e. The van der Waals surface area contributed by atoms with Crippen LogP contribution in [-0.2, 0) is 6.54 Å². The molecule has 80 valence electrons. The standard InChI is InChI=1S/C10H12BrN3O/c1-6-3-4-8(15-6)10-9(11)7(5-12-2)13-14-10/h3-4,12H,5H2,1-2H3,(H,13,14). The maximum atomic E-state index is 5.51. The van der Waals surface area contributed by atoms with E-state index in [9.17, 15) is 0 Å². The van der Waals surface area contributed by atoms with E-state index in [1.165, 1.54) is 0 Å². The van der Waals surface area contributed by atoms with Gasteiger partial charge in [-0.05, 0) is 42.0 Å². The molecule has 0 fully saturated rings. The molecule has 0 radical (unpaired) electrons. The molecule has 0 saturated carbocycles. The highest BCUT2D eigenvalue weighted by molar-refractivity contribution is 9.10. The summed E-state index contributed by atoms with van der Waals surface area (Å²) in [5.41, 5.74) is 1.83. The molecular formula is C10H12BrN3O. The van der Waals surface area contributed by atoms with Crippen LogP contribution in [0.5, 0.6) is 0 Å². The SMILES string of the molecule is CNCc1[nH]nc(-c2ccc(C)o2)c1Br. The van der Waals surface area contributed by atoms with E-state index in [0.29, 0.717) is 0 Å². The van der Waals surface area contributed by atoms with Crippen LogP contribution >= 0.6 is 15.9 Å². The largest absolute Gasteiger partial charge is 0.460 e. The third-order valence-electron chi connectivity index (χ3n) is 2.10. The predicted molar refractivity (Wildman–Crippen MR) is 61.5 cm³/mol. The second kappa shape index (κ2) is 4.20. The minimum Gasteiger partial charge on any atom is -0.460 e. The molecule has 0 aliphatic carbocycles. The van der Waals surface area contributed by atoms with Crippen molar-refractivity contribution in [3.63, 3.8) is 0 Å². The molecule has 4 nitrogen and oxygen atoms in total. The van der Waals surface area contributed by atoms with Crippen molar-refractivity contribution < 1.29 is 4.42 Å². The second-order valence-corrected chi connectivity index (χ2v) is 4.10. The third kappa shape index (κ3) is 1.98. The fourth-order valence-electron chi connectivity index (χ4n) is 1.38. The number of furan rings is 1. The van der Waals surface area contributed by atoms with Crippen LogP contribution in [0.4, 0.5) is 0 Å². The summed E-state index contributed by atoms with van der Waals surface area (Å²) in [5, 5.41) is 10.2. The highest BCUT2D eigenvalue weighted by Crippen LogP contribution is 2.29. The van der Waals surface area contributed by atoms with Crippen LogP contribution in [0.2, 0.25) is 0 Å². The van der Waals surface area contributed by atoms with E-state index in [2.05, 4.69) is 31.4 Å². The molecule has 15 heavy (non-hydrogen) atoms. The third-order valence-corrected chi connectivity index (χ3v) is 2.96. The molecule has 0 amide bonds. The van der Waals surface area contributed by atoms with Gasteiger partial charge in [-0.15, -0.1) is 0 Å². The Morgan fingerprint density at radius 3 is 2.93 bits per heavy atom. The molecule has 0 bridgehead atoms. The van der Waals surface area contributed by atoms with Crippen molar-refractivity contribution in [3.05, 3.63) is 28.1 Å². The van der Waals surface area contributed by atoms with Gasteiger partial charge in [-0.3, -0.25) is 5.10 Å². The van der Waals surface area contributed by atoms with Crippen molar-refractivity contribution in [1.29, 1.82) is 0 Å². The molecule has 2 N–H and O–H groups in total. The number of H-pyrrole nitrogens is 1. The molecule has 2 aromatic heterocycles. The Balaban J connectivity index is 2.37. The van der Waals surface area contributed by atoms with E-state index >= 15 is 0 Å². The average molecular weight is 270 g/mol. The monoisotopic (exact) mass is 269 g/mol. The molecule has 0 atom stereocenters. The van der Waals surface area contributed by atoms with Crippen molar-refractivity contribution in [2.24, 2.45) is 0 Å². The Morgan fingerprint density at radius 2 is 2.33 bits per heavy atom. The summed E-state index contributed by atoms with van der Waals surface area (Å²) in [6, 6.07) is 3.84. The molecule has 0 saturated heterocycles. The summed E-state index contributed by atoms with van der Waals surface area (Å²) in [6.45, 7) is 2.66. The number of hydrogen-bond donors (Lipinski definition) is 2. The van der Waals surface area contributed by atoms with Crippen LogP contribution in [0.1, 0.15) is 11.5 Å². The highest BCUT2D eigenvalue weighted by atomic mass is 79.9. The quantitative estimate of drug-likeness (QED) is 0.900. The lowest BCUT2D eigenvalue weighted by molar-refractivity contribution is 0.546. The first kappa shape index (κ1) is 10.4. The van der Waals surface area contributed by atoms with E-state index in [0.717, 1.165) is 33.9 Å². The van der Waals surface area contributed by atoms with Gasteiger partial charge in [0, 0.05) is 6.54 Å². The summed E-state index contributed by atoms with van der Waals surface area (Å²) in [6.07, 6.45) is 0. The van der Waals surface area contributed by atoms with E-state index in [-0.39, 0.29) is 0 Å². The first-order chi connectivity index (χ1) is 7.22. The second-order valence-electron chi connectivity index (χ2n) is 3.31. The van der Waals surface area contributed by atoms with E-state index in [4.69, 9.17) is 4.42 Å². The fraction of sp³-hybridized carbons (Fsp3) is 0.300. The van der Waals surface area contributed by atoms with E-state index < -0.39 is 0 Å². The van der Waals surface area contributed by atoms with Gasteiger partial charge in [0.15, 0.2) is 5.76 Å². The minimum absolute atomic E-state index is 0.743. The van der Waals surface area contributed by atoms with Crippen LogP contribution in [-0.4, -0.2) is 17.2 Å². The van der Waals surface area contributed by atoms with Crippen molar-refractivity contribution in [2.45, 2.75) is 13.5 Å². The lowest BCUT2D eigenvalue weighted by Gasteiger charge is -1.95. The Kier molecular flexibility index (Phi) is 2.93. The molecule has 0 aliphatic rings. The predicted octanol–water partition coefficient (Wildman–Crippen LogP) is 2.46. The van der Waals surface area contributed by atoms with Crippen molar-refractivity contribution in [2.75, 3.05) is 7.05 Å². The number of aromatic nitrogens is 2. The van der Waals surface area contributed by atoms with Gasteiger partial charge in [0.2, 0.25) is 0 Å². The van der Waals surface area contributed by atoms with Gasteiger partial charge in [0.1, 0.15) is 11.5 Å². The number of nitrogens with zero attached hydrogens (tertiary/aromatic N) is 1. The topological polar surface area (TPSA) is 53.9 Å². The van der Waals surface area contributed by atoms with Gasteiger partial charge < -0.3 is 9.73 Å². The summed E-state index contributed by atoms with van der Waals surface area (Å²) in [4.78, 5) is 0. The summed E-state index contributed by atoms with van der Waals surface area (Å²) < 4.78 is 6.46. The number of nitrogens with one attached hydrogen (secondary N) is 2. The normalized spacial score (nSPS) is 10.9. The number of rotatable bonds is 3. The van der Waals surface area contributed by atoms with Crippen LogP contribution in [0.15, 0.2) is 21.0 Å². The van der Waals surface area contributed by atoms with E-state index in [1.807, 2.05) is 26.1 Å². The van der Waals surface area contributed by atoms with E-state index in [1.54, 1.807) is 0 Å². The zero-order valence-corrected chi connectivity index (χ0v) is 10.2. The zero-order valence-electron chi connectivity index (χ0n) is 8.60. The maximum Gasteiger partial charge on any atom is 0.155 e. The molecule has 2 rings (SSSR count). The Labute approximate surface area is 96.2 Å². The first-order valence-corrected chi connectivity index (χ1v) is 5.46.